The summed E-state index contributed by atoms with van der Waals surface area (Å²) in [5.74, 6) is -1.56. The van der Waals surface area contributed by atoms with Gasteiger partial charge >= 0.3 is 6.03 Å². The van der Waals surface area contributed by atoms with Crippen LogP contribution in [0.15, 0.2) is 36.7 Å². The van der Waals surface area contributed by atoms with E-state index in [1.807, 2.05) is 19.2 Å². The minimum atomic E-state index is -1.46. The quantitative estimate of drug-likeness (QED) is 0.721. The SMILES string of the molecule is CC(CNC(=O)NCC(O)c1c(F)cccc1F)Cn1cccn1. The second kappa shape index (κ2) is 8.39. The molecule has 0 saturated carbocycles. The Morgan fingerprint density at radius 3 is 2.54 bits per heavy atom. The van der Waals surface area contributed by atoms with E-state index >= 15 is 0 Å². The zero-order chi connectivity index (χ0) is 17.5. The Bertz CT molecular complexity index is 644. The fraction of sp³-hybridized carbons (Fsp3) is 0.375. The highest BCUT2D eigenvalue weighted by Crippen LogP contribution is 2.19. The van der Waals surface area contributed by atoms with E-state index in [1.54, 1.807) is 10.9 Å². The molecule has 2 atom stereocenters. The van der Waals surface area contributed by atoms with Crippen LogP contribution >= 0.6 is 0 Å². The van der Waals surface area contributed by atoms with Crippen molar-refractivity contribution in [2.45, 2.75) is 19.6 Å². The standard InChI is InChI=1S/C16H20F2N4O2/c1-11(10-22-7-3-6-21-22)8-19-16(24)20-9-14(23)15-12(17)4-2-5-13(15)18/h2-7,11,14,23H,8-10H2,1H3,(H2,19,20,24). The van der Waals surface area contributed by atoms with E-state index in [1.165, 1.54) is 6.07 Å². The summed E-state index contributed by atoms with van der Waals surface area (Å²) in [7, 11) is 0. The lowest BCUT2D eigenvalue weighted by atomic mass is 10.1. The molecule has 1 heterocycles. The number of aliphatic hydroxyl groups excluding tert-OH is 1. The number of carbonyl (C=O) groups excluding carboxylic acids is 1. The summed E-state index contributed by atoms with van der Waals surface area (Å²) in [5, 5.41) is 19.0. The highest BCUT2D eigenvalue weighted by molar-refractivity contribution is 5.73. The summed E-state index contributed by atoms with van der Waals surface area (Å²) >= 11 is 0. The lowest BCUT2D eigenvalue weighted by molar-refractivity contribution is 0.164. The minimum absolute atomic E-state index is 0.143. The molecule has 0 aliphatic carbocycles. The number of halogens is 2. The molecule has 0 spiro atoms. The lowest BCUT2D eigenvalue weighted by Gasteiger charge is -2.16. The molecule has 1 aromatic carbocycles. The minimum Gasteiger partial charge on any atom is -0.386 e. The van der Waals surface area contributed by atoms with Crippen molar-refractivity contribution in [3.05, 3.63) is 53.9 Å². The number of benzene rings is 1. The average Bonchev–Trinajstić information content (AvgIpc) is 3.03. The third-order valence-corrected chi connectivity index (χ3v) is 3.46. The first-order valence-electron chi connectivity index (χ1n) is 7.58. The van der Waals surface area contributed by atoms with Gasteiger partial charge in [-0.05, 0) is 24.1 Å². The maximum Gasteiger partial charge on any atom is 0.314 e. The van der Waals surface area contributed by atoms with Gasteiger partial charge in [-0.15, -0.1) is 0 Å². The molecule has 130 valence electrons. The maximum absolute atomic E-state index is 13.5. The number of carbonyl (C=O) groups is 1. The molecule has 3 N–H and O–H groups in total. The van der Waals surface area contributed by atoms with Crippen LogP contribution in [0.5, 0.6) is 0 Å². The summed E-state index contributed by atoms with van der Waals surface area (Å²) in [5.41, 5.74) is -0.454. The van der Waals surface area contributed by atoms with Gasteiger partial charge < -0.3 is 15.7 Å². The molecule has 24 heavy (non-hydrogen) atoms. The van der Waals surface area contributed by atoms with Crippen LogP contribution < -0.4 is 10.6 Å². The topological polar surface area (TPSA) is 79.2 Å². The van der Waals surface area contributed by atoms with Crippen LogP contribution in [0.1, 0.15) is 18.6 Å². The molecule has 0 aliphatic heterocycles. The van der Waals surface area contributed by atoms with Crippen LogP contribution in [0, 0.1) is 17.6 Å². The first-order chi connectivity index (χ1) is 11.5. The Kier molecular flexibility index (Phi) is 6.25. The fourth-order valence-corrected chi connectivity index (χ4v) is 2.24. The second-order valence-corrected chi connectivity index (χ2v) is 5.58. The number of hydrogen-bond donors (Lipinski definition) is 3. The molecule has 0 fully saturated rings. The van der Waals surface area contributed by atoms with Gasteiger partial charge in [0.2, 0.25) is 0 Å². The molecule has 0 radical (unpaired) electrons. The summed E-state index contributed by atoms with van der Waals surface area (Å²) in [6, 6.07) is 4.62. The lowest BCUT2D eigenvalue weighted by Crippen LogP contribution is -2.40. The molecular formula is C16H20F2N4O2. The molecule has 0 aliphatic rings. The average molecular weight is 338 g/mol. The fourth-order valence-electron chi connectivity index (χ4n) is 2.24. The van der Waals surface area contributed by atoms with Crippen molar-refractivity contribution in [2.75, 3.05) is 13.1 Å². The van der Waals surface area contributed by atoms with Crippen molar-refractivity contribution in [2.24, 2.45) is 5.92 Å². The molecule has 2 rings (SSSR count). The zero-order valence-electron chi connectivity index (χ0n) is 13.2. The Hall–Kier alpha value is -2.48. The number of urea groups is 1. The summed E-state index contributed by atoms with van der Waals surface area (Å²) < 4.78 is 28.8. The molecular weight excluding hydrogens is 318 g/mol. The molecule has 8 heteroatoms. The van der Waals surface area contributed by atoms with Crippen LogP contribution in [-0.4, -0.2) is 34.0 Å². The van der Waals surface area contributed by atoms with Gasteiger partial charge in [-0.25, -0.2) is 13.6 Å². The van der Waals surface area contributed by atoms with E-state index in [-0.39, 0.29) is 12.5 Å². The van der Waals surface area contributed by atoms with E-state index in [0.29, 0.717) is 13.1 Å². The number of amides is 2. The smallest absolute Gasteiger partial charge is 0.314 e. The van der Waals surface area contributed by atoms with E-state index in [9.17, 15) is 18.7 Å². The van der Waals surface area contributed by atoms with Crippen LogP contribution in [0.2, 0.25) is 0 Å². The number of nitrogens with one attached hydrogen (secondary N) is 2. The highest BCUT2D eigenvalue weighted by Gasteiger charge is 2.18. The van der Waals surface area contributed by atoms with Crippen molar-refractivity contribution in [1.29, 1.82) is 0 Å². The third-order valence-electron chi connectivity index (χ3n) is 3.46. The van der Waals surface area contributed by atoms with Gasteiger partial charge in [0.15, 0.2) is 0 Å². The van der Waals surface area contributed by atoms with Crippen molar-refractivity contribution in [3.8, 4) is 0 Å². The zero-order valence-corrected chi connectivity index (χ0v) is 13.2. The summed E-state index contributed by atoms with van der Waals surface area (Å²) in [4.78, 5) is 11.7. The van der Waals surface area contributed by atoms with Crippen molar-refractivity contribution in [3.63, 3.8) is 0 Å². The van der Waals surface area contributed by atoms with Crippen molar-refractivity contribution in [1.82, 2.24) is 20.4 Å². The maximum atomic E-state index is 13.5. The van der Waals surface area contributed by atoms with E-state index in [2.05, 4.69) is 15.7 Å². The number of nitrogens with zero attached hydrogens (tertiary/aromatic N) is 2. The third kappa shape index (κ3) is 5.02. The summed E-state index contributed by atoms with van der Waals surface area (Å²) in [6.45, 7) is 2.70. The van der Waals surface area contributed by atoms with Crippen LogP contribution in [0.4, 0.5) is 13.6 Å². The molecule has 1 aromatic heterocycles. The highest BCUT2D eigenvalue weighted by atomic mass is 19.1. The van der Waals surface area contributed by atoms with Crippen LogP contribution in [0.3, 0.4) is 0 Å². The van der Waals surface area contributed by atoms with E-state index in [4.69, 9.17) is 0 Å². The van der Waals surface area contributed by atoms with Crippen molar-refractivity contribution < 1.29 is 18.7 Å². The normalized spacial score (nSPS) is 13.3. The van der Waals surface area contributed by atoms with Crippen molar-refractivity contribution >= 4 is 6.03 Å². The molecule has 0 bridgehead atoms. The van der Waals surface area contributed by atoms with E-state index < -0.39 is 29.3 Å². The molecule has 2 amide bonds. The summed E-state index contributed by atoms with van der Waals surface area (Å²) in [6.07, 6.45) is 2.05. The Labute approximate surface area is 138 Å². The Morgan fingerprint density at radius 1 is 1.25 bits per heavy atom. The van der Waals surface area contributed by atoms with Gasteiger partial charge in [-0.3, -0.25) is 4.68 Å². The first-order valence-corrected chi connectivity index (χ1v) is 7.58. The van der Waals surface area contributed by atoms with Gasteiger partial charge in [0.05, 0.1) is 5.56 Å². The number of rotatable bonds is 7. The van der Waals surface area contributed by atoms with E-state index in [0.717, 1.165) is 12.1 Å². The van der Waals surface area contributed by atoms with Gasteiger partial charge in [-0.2, -0.15) is 5.10 Å². The van der Waals surface area contributed by atoms with Gasteiger partial charge in [0.1, 0.15) is 17.7 Å². The second-order valence-electron chi connectivity index (χ2n) is 5.58. The predicted octanol–water partition coefficient (Wildman–Crippen LogP) is 1.83. The van der Waals surface area contributed by atoms with Crippen LogP contribution in [-0.2, 0) is 6.54 Å². The Balaban J connectivity index is 1.74. The molecule has 6 nitrogen and oxygen atoms in total. The van der Waals surface area contributed by atoms with Crippen LogP contribution in [0.25, 0.3) is 0 Å². The Morgan fingerprint density at radius 2 is 1.92 bits per heavy atom. The number of aromatic nitrogens is 2. The predicted molar refractivity (Wildman–Crippen MR) is 84.1 cm³/mol. The van der Waals surface area contributed by atoms with Gasteiger partial charge in [0.25, 0.3) is 0 Å². The molecule has 2 aromatic rings. The van der Waals surface area contributed by atoms with Gasteiger partial charge in [0, 0.05) is 32.0 Å². The largest absolute Gasteiger partial charge is 0.386 e. The molecule has 0 saturated heterocycles. The number of hydrogen-bond acceptors (Lipinski definition) is 3. The van der Waals surface area contributed by atoms with Gasteiger partial charge in [-0.1, -0.05) is 13.0 Å². The molecule has 2 unspecified atom stereocenters. The first kappa shape index (κ1) is 17.9. The monoisotopic (exact) mass is 338 g/mol. The number of aliphatic hydroxyl groups is 1.